The molecule has 0 spiro atoms. The number of halogens is 6. The first-order valence-electron chi connectivity index (χ1n) is 8.26. The maximum Gasteiger partial charge on any atom is 0.434 e. The molecule has 162 valence electrons. The largest absolute Gasteiger partial charge is 0.434 e. The normalized spacial score (nSPS) is 20.2. The molecule has 14 heteroatoms. The Morgan fingerprint density at radius 2 is 1.86 bits per heavy atom. The summed E-state index contributed by atoms with van der Waals surface area (Å²) in [6, 6.07) is 3.09. The van der Waals surface area contributed by atoms with Crippen molar-refractivity contribution in [2.24, 2.45) is 5.92 Å². The van der Waals surface area contributed by atoms with E-state index in [2.05, 4.69) is 9.72 Å². The Morgan fingerprint density at radius 3 is 2.28 bits per heavy atom. The number of carbonyl (C=O) groups excluding carboxylic acids is 1. The summed E-state index contributed by atoms with van der Waals surface area (Å²) in [5.41, 5.74) is -0.506. The highest BCUT2D eigenvalue weighted by atomic mass is 32.2. The first-order valence-corrected chi connectivity index (χ1v) is 9.33. The van der Waals surface area contributed by atoms with Crippen LogP contribution in [0.5, 0.6) is 0 Å². The minimum Gasteiger partial charge on any atom is -0.426 e. The molecule has 1 aromatic heterocycles. The second-order valence-corrected chi connectivity index (χ2v) is 7.62. The number of likely N-dealkylation sites (tertiary alicyclic amines) is 1. The van der Waals surface area contributed by atoms with Crippen LogP contribution in [-0.2, 0) is 16.0 Å². The van der Waals surface area contributed by atoms with Gasteiger partial charge in [0, 0.05) is 25.2 Å². The fraction of sp³-hybridized carbons (Fsp3) is 0.600. The highest BCUT2D eigenvalue weighted by Gasteiger charge is 2.63. The summed E-state index contributed by atoms with van der Waals surface area (Å²) < 4.78 is 102. The Kier molecular flexibility index (Phi) is 5.45. The van der Waals surface area contributed by atoms with Crippen LogP contribution in [0.1, 0.15) is 12.8 Å². The van der Waals surface area contributed by atoms with E-state index in [9.17, 15) is 39.9 Å². The SMILES string of the molecule is O=C(OC(C(F)(F)F)C(F)(F)F)N1CC(C2(N(c3cccnc3)S(=O)O)CC2)C1. The van der Waals surface area contributed by atoms with Gasteiger partial charge in [-0.3, -0.25) is 13.8 Å². The van der Waals surface area contributed by atoms with Crippen molar-refractivity contribution < 1.29 is 44.6 Å². The standard InChI is InChI=1S/C15H15F6N3O4S/c16-14(17,18)11(15(19,20)21)28-12(25)23-7-9(8-23)13(3-4-13)24(29(26)27)10-2-1-5-22-6-10/h1-2,5-6,9,11H,3-4,7-8H2,(H,26,27). The molecule has 1 saturated carbocycles. The van der Waals surface area contributed by atoms with Gasteiger partial charge >= 0.3 is 18.4 Å². The molecular formula is C15H15F6N3O4S. The van der Waals surface area contributed by atoms with E-state index in [0.29, 0.717) is 23.4 Å². The van der Waals surface area contributed by atoms with Gasteiger partial charge in [-0.2, -0.15) is 26.3 Å². The van der Waals surface area contributed by atoms with Gasteiger partial charge in [-0.1, -0.05) is 0 Å². The lowest BCUT2D eigenvalue weighted by Crippen LogP contribution is -2.61. The van der Waals surface area contributed by atoms with Gasteiger partial charge in [-0.15, -0.1) is 0 Å². The van der Waals surface area contributed by atoms with Gasteiger partial charge < -0.3 is 9.64 Å². The number of ether oxygens (including phenoxy) is 1. The summed E-state index contributed by atoms with van der Waals surface area (Å²) >= 11 is -2.44. The molecule has 1 aliphatic heterocycles. The number of hydrogen-bond acceptors (Lipinski definition) is 4. The van der Waals surface area contributed by atoms with E-state index in [1.54, 1.807) is 12.1 Å². The molecule has 1 atom stereocenters. The Morgan fingerprint density at radius 1 is 1.28 bits per heavy atom. The summed E-state index contributed by atoms with van der Waals surface area (Å²) in [6.07, 6.45) is -13.8. The number of nitrogens with zero attached hydrogens (tertiary/aromatic N) is 3. The van der Waals surface area contributed by atoms with E-state index < -0.39 is 47.3 Å². The molecule has 0 aromatic carbocycles. The third kappa shape index (κ3) is 4.27. The average Bonchev–Trinajstić information content (AvgIpc) is 3.30. The van der Waals surface area contributed by atoms with Crippen LogP contribution in [0.2, 0.25) is 0 Å². The fourth-order valence-corrected chi connectivity index (χ4v) is 4.28. The monoisotopic (exact) mass is 447 g/mol. The van der Waals surface area contributed by atoms with E-state index in [4.69, 9.17) is 0 Å². The average molecular weight is 447 g/mol. The lowest BCUT2D eigenvalue weighted by molar-refractivity contribution is -0.309. The Balaban J connectivity index is 1.67. The summed E-state index contributed by atoms with van der Waals surface area (Å²) in [6.45, 7) is -0.398. The molecule has 2 fully saturated rings. The second kappa shape index (κ2) is 7.31. The van der Waals surface area contributed by atoms with Crippen molar-refractivity contribution in [3.8, 4) is 0 Å². The molecule has 29 heavy (non-hydrogen) atoms. The summed E-state index contributed by atoms with van der Waals surface area (Å²) in [7, 11) is 0. The van der Waals surface area contributed by atoms with Gasteiger partial charge in [0.05, 0.1) is 17.4 Å². The topological polar surface area (TPSA) is 83.0 Å². The maximum absolute atomic E-state index is 12.5. The number of hydrogen-bond donors (Lipinski definition) is 1. The van der Waals surface area contributed by atoms with Crippen LogP contribution in [0.25, 0.3) is 0 Å². The third-order valence-corrected chi connectivity index (χ3v) is 5.80. The molecule has 0 radical (unpaired) electrons. The Hall–Kier alpha value is -2.09. The van der Waals surface area contributed by atoms with E-state index in [0.717, 1.165) is 0 Å². The molecule has 2 heterocycles. The van der Waals surface area contributed by atoms with E-state index in [-0.39, 0.29) is 13.1 Å². The zero-order chi connectivity index (χ0) is 21.6. The lowest BCUT2D eigenvalue weighted by atomic mass is 9.89. The van der Waals surface area contributed by atoms with Gasteiger partial charge in [-0.25, -0.2) is 9.00 Å². The summed E-state index contributed by atoms with van der Waals surface area (Å²) in [4.78, 5) is 16.3. The Labute approximate surface area is 163 Å². The van der Waals surface area contributed by atoms with Crippen LogP contribution in [0.4, 0.5) is 36.8 Å². The zero-order valence-electron chi connectivity index (χ0n) is 14.5. The highest BCUT2D eigenvalue weighted by molar-refractivity contribution is 7.80. The number of amides is 1. The van der Waals surface area contributed by atoms with Gasteiger partial charge in [-0.05, 0) is 25.0 Å². The maximum atomic E-state index is 12.5. The van der Waals surface area contributed by atoms with Crippen LogP contribution in [0.3, 0.4) is 0 Å². The predicted octanol–water partition coefficient (Wildman–Crippen LogP) is 3.12. The van der Waals surface area contributed by atoms with Crippen LogP contribution in [-0.4, -0.2) is 61.8 Å². The van der Waals surface area contributed by atoms with Crippen molar-refractivity contribution in [3.05, 3.63) is 24.5 Å². The molecule has 1 aliphatic carbocycles. The summed E-state index contributed by atoms with van der Waals surface area (Å²) in [5.74, 6) is -0.429. The van der Waals surface area contributed by atoms with Crippen molar-refractivity contribution in [2.75, 3.05) is 17.4 Å². The van der Waals surface area contributed by atoms with Crippen molar-refractivity contribution in [2.45, 2.75) is 36.8 Å². The molecule has 0 bridgehead atoms. The van der Waals surface area contributed by atoms with Gasteiger partial charge in [0.2, 0.25) is 0 Å². The predicted molar refractivity (Wildman–Crippen MR) is 86.9 cm³/mol. The molecule has 7 nitrogen and oxygen atoms in total. The molecule has 3 rings (SSSR count). The Bertz CT molecular complexity index is 766. The first kappa shape index (κ1) is 21.6. The highest BCUT2D eigenvalue weighted by Crippen LogP contribution is 2.53. The number of anilines is 1. The molecular weight excluding hydrogens is 432 g/mol. The van der Waals surface area contributed by atoms with E-state index in [1.165, 1.54) is 16.7 Å². The van der Waals surface area contributed by atoms with Gasteiger partial charge in [0.15, 0.2) is 0 Å². The number of carbonyl (C=O) groups is 1. The lowest BCUT2D eigenvalue weighted by Gasteiger charge is -2.46. The smallest absolute Gasteiger partial charge is 0.426 e. The van der Waals surface area contributed by atoms with E-state index >= 15 is 0 Å². The molecule has 1 amide bonds. The van der Waals surface area contributed by atoms with Crippen LogP contribution in [0, 0.1) is 5.92 Å². The molecule has 1 unspecified atom stereocenters. The van der Waals surface area contributed by atoms with Gasteiger partial charge in [0.1, 0.15) is 0 Å². The molecule has 1 aromatic rings. The van der Waals surface area contributed by atoms with Crippen LogP contribution >= 0.6 is 0 Å². The number of aromatic nitrogens is 1. The zero-order valence-corrected chi connectivity index (χ0v) is 15.3. The summed E-state index contributed by atoms with van der Waals surface area (Å²) in [5, 5.41) is 0. The quantitative estimate of drug-likeness (QED) is 0.554. The first-order chi connectivity index (χ1) is 13.4. The number of pyridine rings is 1. The number of rotatable bonds is 5. The van der Waals surface area contributed by atoms with Crippen LogP contribution < -0.4 is 4.31 Å². The van der Waals surface area contributed by atoms with Crippen molar-refractivity contribution >= 4 is 23.0 Å². The minimum absolute atomic E-state index is 0.199. The number of alkyl halides is 6. The second-order valence-electron chi connectivity index (χ2n) is 6.79. The van der Waals surface area contributed by atoms with Crippen molar-refractivity contribution in [1.82, 2.24) is 9.88 Å². The fourth-order valence-electron chi connectivity index (χ4n) is 3.34. The van der Waals surface area contributed by atoms with Gasteiger partial charge in [0.25, 0.3) is 17.4 Å². The van der Waals surface area contributed by atoms with Crippen molar-refractivity contribution in [1.29, 1.82) is 0 Å². The van der Waals surface area contributed by atoms with E-state index in [1.807, 2.05) is 0 Å². The molecule has 2 aliphatic rings. The van der Waals surface area contributed by atoms with Crippen molar-refractivity contribution in [3.63, 3.8) is 0 Å². The third-order valence-electron chi connectivity index (χ3n) is 4.92. The minimum atomic E-state index is -5.79. The van der Waals surface area contributed by atoms with Crippen LogP contribution in [0.15, 0.2) is 24.5 Å². The molecule has 1 N–H and O–H groups in total. The molecule has 1 saturated heterocycles.